The number of hydrogen-bond donors (Lipinski definition) is 1. The summed E-state index contributed by atoms with van der Waals surface area (Å²) in [5.41, 5.74) is 1.01. The van der Waals surface area contributed by atoms with Gasteiger partial charge in [-0.1, -0.05) is 6.92 Å². The summed E-state index contributed by atoms with van der Waals surface area (Å²) in [5.74, 6) is 0.634. The molecule has 18 heavy (non-hydrogen) atoms. The second-order valence-electron chi connectivity index (χ2n) is 3.97. The van der Waals surface area contributed by atoms with Crippen LogP contribution in [0.15, 0.2) is 16.7 Å². The summed E-state index contributed by atoms with van der Waals surface area (Å²) in [5, 5.41) is 3.15. The first kappa shape index (κ1) is 15.0. The van der Waals surface area contributed by atoms with E-state index in [9.17, 15) is 13.2 Å². The molecule has 0 aliphatic rings. The fourth-order valence-electron chi connectivity index (χ4n) is 1.41. The van der Waals surface area contributed by atoms with E-state index in [2.05, 4.69) is 5.32 Å². The van der Waals surface area contributed by atoms with Crippen LogP contribution in [0.5, 0.6) is 0 Å². The van der Waals surface area contributed by atoms with Crippen molar-refractivity contribution in [2.24, 2.45) is 0 Å². The van der Waals surface area contributed by atoms with Gasteiger partial charge >= 0.3 is 6.18 Å². The Morgan fingerprint density at radius 3 is 2.83 bits per heavy atom. The van der Waals surface area contributed by atoms with E-state index in [1.807, 2.05) is 13.0 Å². The van der Waals surface area contributed by atoms with E-state index in [1.165, 1.54) is 0 Å². The van der Waals surface area contributed by atoms with Crippen LogP contribution in [-0.2, 0) is 17.9 Å². The molecule has 1 N–H and O–H groups in total. The summed E-state index contributed by atoms with van der Waals surface area (Å²) in [6.45, 7) is 3.89. The van der Waals surface area contributed by atoms with Gasteiger partial charge in [0, 0.05) is 25.1 Å². The van der Waals surface area contributed by atoms with Gasteiger partial charge in [-0.2, -0.15) is 13.2 Å². The van der Waals surface area contributed by atoms with Crippen LogP contribution in [0, 0.1) is 0 Å². The van der Waals surface area contributed by atoms with Crippen molar-refractivity contribution in [2.45, 2.75) is 39.1 Å². The molecule has 0 aliphatic carbocycles. The summed E-state index contributed by atoms with van der Waals surface area (Å²) in [7, 11) is 0. The maximum absolute atomic E-state index is 11.8. The van der Waals surface area contributed by atoms with Crippen LogP contribution in [0.3, 0.4) is 0 Å². The van der Waals surface area contributed by atoms with Gasteiger partial charge in [0.05, 0.1) is 6.26 Å². The van der Waals surface area contributed by atoms with Crippen molar-refractivity contribution in [3.63, 3.8) is 0 Å². The predicted octanol–water partition coefficient (Wildman–Crippen LogP) is 3.25. The quantitative estimate of drug-likeness (QED) is 0.733. The van der Waals surface area contributed by atoms with Crippen LogP contribution >= 0.6 is 0 Å². The average molecular weight is 265 g/mol. The Labute approximate surface area is 104 Å². The Balaban J connectivity index is 2.13. The van der Waals surface area contributed by atoms with E-state index in [-0.39, 0.29) is 19.6 Å². The molecule has 0 fully saturated rings. The predicted molar refractivity (Wildman–Crippen MR) is 61.0 cm³/mol. The van der Waals surface area contributed by atoms with Crippen molar-refractivity contribution in [2.75, 3.05) is 13.2 Å². The lowest BCUT2D eigenvalue weighted by Crippen LogP contribution is -2.10. The summed E-state index contributed by atoms with van der Waals surface area (Å²) in [6, 6.07) is 1.84. The zero-order valence-corrected chi connectivity index (χ0v) is 10.3. The lowest BCUT2D eigenvalue weighted by Gasteiger charge is -2.05. The maximum Gasteiger partial charge on any atom is 0.389 e. The molecule has 1 heterocycles. The van der Waals surface area contributed by atoms with Crippen LogP contribution in [0.4, 0.5) is 13.2 Å². The third-order valence-electron chi connectivity index (χ3n) is 2.28. The van der Waals surface area contributed by atoms with Gasteiger partial charge in [-0.25, -0.2) is 0 Å². The highest BCUT2D eigenvalue weighted by Crippen LogP contribution is 2.21. The van der Waals surface area contributed by atoms with Crippen molar-refractivity contribution in [3.8, 4) is 0 Å². The van der Waals surface area contributed by atoms with Gasteiger partial charge < -0.3 is 14.5 Å². The fourth-order valence-corrected chi connectivity index (χ4v) is 1.41. The number of halogens is 3. The van der Waals surface area contributed by atoms with Crippen LogP contribution in [0.25, 0.3) is 0 Å². The second kappa shape index (κ2) is 7.43. The number of furan rings is 1. The van der Waals surface area contributed by atoms with Crippen molar-refractivity contribution < 1.29 is 22.3 Å². The van der Waals surface area contributed by atoms with Crippen molar-refractivity contribution in [1.29, 1.82) is 0 Å². The number of rotatable bonds is 8. The highest BCUT2D eigenvalue weighted by molar-refractivity contribution is 5.11. The summed E-state index contributed by atoms with van der Waals surface area (Å²) >= 11 is 0. The first-order valence-corrected chi connectivity index (χ1v) is 5.93. The lowest BCUT2D eigenvalue weighted by molar-refractivity contribution is -0.138. The Morgan fingerprint density at radius 1 is 1.39 bits per heavy atom. The summed E-state index contributed by atoms with van der Waals surface area (Å²) in [6.07, 6.45) is -3.31. The number of hydrogen-bond acceptors (Lipinski definition) is 3. The molecule has 0 saturated heterocycles. The van der Waals surface area contributed by atoms with Crippen molar-refractivity contribution >= 4 is 0 Å². The van der Waals surface area contributed by atoms with Gasteiger partial charge in [-0.3, -0.25) is 0 Å². The molecule has 1 aromatic rings. The lowest BCUT2D eigenvalue weighted by atomic mass is 10.3. The summed E-state index contributed by atoms with van der Waals surface area (Å²) < 4.78 is 45.9. The first-order chi connectivity index (χ1) is 8.51. The zero-order chi connectivity index (χ0) is 13.4. The van der Waals surface area contributed by atoms with E-state index in [0.29, 0.717) is 12.3 Å². The number of alkyl halides is 3. The Kier molecular flexibility index (Phi) is 6.21. The van der Waals surface area contributed by atoms with Gasteiger partial charge in [0.25, 0.3) is 0 Å². The van der Waals surface area contributed by atoms with E-state index < -0.39 is 12.6 Å². The van der Waals surface area contributed by atoms with E-state index in [0.717, 1.165) is 12.1 Å². The van der Waals surface area contributed by atoms with Gasteiger partial charge in [-0.05, 0) is 19.0 Å². The molecule has 0 aliphatic heterocycles. The van der Waals surface area contributed by atoms with E-state index in [4.69, 9.17) is 9.15 Å². The monoisotopic (exact) mass is 265 g/mol. The molecule has 0 spiro atoms. The van der Waals surface area contributed by atoms with Gasteiger partial charge in [0.1, 0.15) is 12.4 Å². The third-order valence-corrected chi connectivity index (χ3v) is 2.28. The first-order valence-electron chi connectivity index (χ1n) is 5.93. The van der Waals surface area contributed by atoms with Crippen molar-refractivity contribution in [1.82, 2.24) is 5.32 Å². The Hall–Kier alpha value is -1.01. The van der Waals surface area contributed by atoms with Gasteiger partial charge in [-0.15, -0.1) is 0 Å². The molecule has 6 heteroatoms. The zero-order valence-electron chi connectivity index (χ0n) is 10.3. The molecule has 104 valence electrons. The molecule has 0 radical (unpaired) electrons. The molecule has 1 aromatic heterocycles. The molecule has 1 rings (SSSR count). The molecule has 0 saturated carbocycles. The molecule has 0 amide bonds. The Bertz CT molecular complexity index is 336. The topological polar surface area (TPSA) is 34.4 Å². The number of ether oxygens (including phenoxy) is 1. The normalized spacial score (nSPS) is 12.0. The molecular weight excluding hydrogens is 247 g/mol. The molecule has 3 nitrogen and oxygen atoms in total. The fraction of sp³-hybridized carbons (Fsp3) is 0.667. The van der Waals surface area contributed by atoms with E-state index in [1.54, 1.807) is 6.26 Å². The van der Waals surface area contributed by atoms with Crippen LogP contribution in [0.1, 0.15) is 31.1 Å². The molecular formula is C12H18F3NO2. The van der Waals surface area contributed by atoms with Crippen LogP contribution in [-0.4, -0.2) is 19.3 Å². The van der Waals surface area contributed by atoms with Gasteiger partial charge in [0.2, 0.25) is 0 Å². The molecule has 0 unspecified atom stereocenters. The smallest absolute Gasteiger partial charge is 0.389 e. The minimum Gasteiger partial charge on any atom is -0.467 e. The number of nitrogens with one attached hydrogen (secondary N) is 1. The second-order valence-corrected chi connectivity index (χ2v) is 3.97. The highest BCUT2D eigenvalue weighted by Gasteiger charge is 2.25. The minimum atomic E-state index is -4.10. The molecule has 0 aromatic carbocycles. The minimum absolute atomic E-state index is 0.0194. The SMILES string of the molecule is CCNCc1coc(COCCCC(F)(F)F)c1. The van der Waals surface area contributed by atoms with Crippen LogP contribution in [0.2, 0.25) is 0 Å². The third kappa shape index (κ3) is 6.66. The van der Waals surface area contributed by atoms with Crippen molar-refractivity contribution in [3.05, 3.63) is 23.7 Å². The standard InChI is InChI=1S/C12H18F3NO2/c1-2-16-7-10-6-11(18-8-10)9-17-5-3-4-12(13,14)15/h6,8,16H,2-5,7,9H2,1H3. The van der Waals surface area contributed by atoms with Crippen LogP contribution < -0.4 is 5.32 Å². The Morgan fingerprint density at radius 2 is 2.17 bits per heavy atom. The summed E-state index contributed by atoms with van der Waals surface area (Å²) in [4.78, 5) is 0. The van der Waals surface area contributed by atoms with E-state index >= 15 is 0 Å². The highest BCUT2D eigenvalue weighted by atomic mass is 19.4. The molecule has 0 atom stereocenters. The largest absolute Gasteiger partial charge is 0.467 e. The maximum atomic E-state index is 11.8. The molecule has 0 bridgehead atoms. The van der Waals surface area contributed by atoms with Gasteiger partial charge in [0.15, 0.2) is 0 Å². The average Bonchev–Trinajstić information content (AvgIpc) is 2.72.